The minimum atomic E-state index is 0.0785. The van der Waals surface area contributed by atoms with E-state index >= 15 is 0 Å². The Morgan fingerprint density at radius 2 is 2.12 bits per heavy atom. The van der Waals surface area contributed by atoms with E-state index in [0.717, 1.165) is 13.1 Å². The summed E-state index contributed by atoms with van der Waals surface area (Å²) in [7, 11) is 0. The van der Waals surface area contributed by atoms with Crippen LogP contribution in [0.25, 0.3) is 0 Å². The Morgan fingerprint density at radius 1 is 1.35 bits per heavy atom. The van der Waals surface area contributed by atoms with Gasteiger partial charge in [0.1, 0.15) is 5.01 Å². The van der Waals surface area contributed by atoms with Crippen LogP contribution in [0.2, 0.25) is 0 Å². The van der Waals surface area contributed by atoms with Crippen LogP contribution < -0.4 is 5.73 Å². The van der Waals surface area contributed by atoms with Gasteiger partial charge in [-0.05, 0) is 41.9 Å². The van der Waals surface area contributed by atoms with Gasteiger partial charge in [-0.25, -0.2) is 0 Å². The zero-order chi connectivity index (χ0) is 12.4. The van der Waals surface area contributed by atoms with Crippen LogP contribution in [-0.4, -0.2) is 16.2 Å². The number of rotatable bonds is 4. The highest BCUT2D eigenvalue weighted by molar-refractivity contribution is 9.11. The highest BCUT2D eigenvalue weighted by Gasteiger charge is 2.21. The van der Waals surface area contributed by atoms with E-state index in [1.807, 2.05) is 13.8 Å². The Hall–Kier alpha value is 0.0500. The maximum absolute atomic E-state index is 6.06. The Kier molecular flexibility index (Phi) is 4.59. The molecule has 0 aliphatic rings. The third-order valence-corrected chi connectivity index (χ3v) is 6.34. The second-order valence-electron chi connectivity index (χ2n) is 3.63. The molecule has 0 aliphatic heterocycles. The highest BCUT2D eigenvalue weighted by Crippen LogP contribution is 2.41. The molecule has 0 saturated carbocycles. The van der Waals surface area contributed by atoms with Crippen LogP contribution in [0, 0.1) is 6.92 Å². The number of thioether (sulfide) groups is 1. The fraction of sp³-hybridized carbons (Fsp3) is 0.400. The molecule has 0 aromatic carbocycles. The first-order chi connectivity index (χ1) is 8.06. The Bertz CT molecular complexity index is 494. The minimum absolute atomic E-state index is 0.0785. The molecular weight excluding hydrogens is 338 g/mol. The predicted octanol–water partition coefficient (Wildman–Crippen LogP) is 3.85. The monoisotopic (exact) mass is 349 g/mol. The molecule has 2 unspecified atom stereocenters. The summed E-state index contributed by atoms with van der Waals surface area (Å²) in [4.78, 5) is 1.27. The van der Waals surface area contributed by atoms with Crippen molar-refractivity contribution < 1.29 is 0 Å². The second-order valence-corrected chi connectivity index (χ2v) is 8.69. The van der Waals surface area contributed by atoms with Gasteiger partial charge in [0.2, 0.25) is 0 Å². The van der Waals surface area contributed by atoms with Gasteiger partial charge < -0.3 is 5.73 Å². The summed E-state index contributed by atoms with van der Waals surface area (Å²) in [5, 5.41) is 9.39. The lowest BCUT2D eigenvalue weighted by Crippen LogP contribution is -2.21. The summed E-state index contributed by atoms with van der Waals surface area (Å²) in [6, 6.07) is 4.25. The number of nitrogens with zero attached hydrogens (tertiary/aromatic N) is 2. The molecule has 17 heavy (non-hydrogen) atoms. The third kappa shape index (κ3) is 3.51. The highest BCUT2D eigenvalue weighted by atomic mass is 79.9. The topological polar surface area (TPSA) is 51.8 Å². The zero-order valence-corrected chi connectivity index (χ0v) is 13.4. The summed E-state index contributed by atoms with van der Waals surface area (Å²) < 4.78 is 2.11. The largest absolute Gasteiger partial charge is 0.327 e. The predicted molar refractivity (Wildman–Crippen MR) is 78.9 cm³/mol. The van der Waals surface area contributed by atoms with E-state index in [-0.39, 0.29) is 11.3 Å². The second kappa shape index (κ2) is 5.79. The normalized spacial score (nSPS) is 14.8. The molecule has 92 valence electrons. The molecule has 2 rings (SSSR count). The molecule has 0 aliphatic carbocycles. The van der Waals surface area contributed by atoms with E-state index in [4.69, 9.17) is 5.73 Å². The molecule has 2 N–H and O–H groups in total. The number of aromatic nitrogens is 2. The average Bonchev–Trinajstić information content (AvgIpc) is 2.83. The molecule has 0 bridgehead atoms. The van der Waals surface area contributed by atoms with Gasteiger partial charge in [-0.3, -0.25) is 0 Å². The molecule has 3 nitrogen and oxygen atoms in total. The van der Waals surface area contributed by atoms with Crippen molar-refractivity contribution in [2.45, 2.75) is 29.5 Å². The molecular formula is C10H12BrN3S3. The molecule has 0 spiro atoms. The smallest absolute Gasteiger partial charge is 0.174 e. The average molecular weight is 350 g/mol. The first kappa shape index (κ1) is 13.5. The number of hydrogen-bond donors (Lipinski definition) is 1. The zero-order valence-electron chi connectivity index (χ0n) is 9.38. The van der Waals surface area contributed by atoms with Gasteiger partial charge >= 0.3 is 0 Å². The van der Waals surface area contributed by atoms with Gasteiger partial charge in [0.05, 0.1) is 9.04 Å². The van der Waals surface area contributed by atoms with Gasteiger partial charge in [-0.1, -0.05) is 23.1 Å². The first-order valence-electron chi connectivity index (χ1n) is 5.04. The molecule has 0 radical (unpaired) electrons. The maximum Gasteiger partial charge on any atom is 0.174 e. The van der Waals surface area contributed by atoms with E-state index in [9.17, 15) is 0 Å². The van der Waals surface area contributed by atoms with Crippen molar-refractivity contribution in [1.29, 1.82) is 0 Å². The number of thiophene rings is 1. The molecule has 0 saturated heterocycles. The van der Waals surface area contributed by atoms with Crippen molar-refractivity contribution in [2.24, 2.45) is 5.73 Å². The van der Waals surface area contributed by atoms with Crippen LogP contribution >= 0.6 is 50.4 Å². The van der Waals surface area contributed by atoms with Crippen molar-refractivity contribution in [3.05, 3.63) is 25.8 Å². The molecule has 2 aromatic rings. The lowest BCUT2D eigenvalue weighted by Gasteiger charge is -2.16. The molecule has 0 amide bonds. The summed E-state index contributed by atoms with van der Waals surface area (Å²) in [6.45, 7) is 3.99. The lowest BCUT2D eigenvalue weighted by molar-refractivity contribution is 0.729. The van der Waals surface area contributed by atoms with E-state index < -0.39 is 0 Å². The Morgan fingerprint density at radius 3 is 2.59 bits per heavy atom. The SMILES string of the molecule is Cc1nnc(SC(c2ccc(Br)s2)C(C)N)s1. The fourth-order valence-corrected chi connectivity index (χ4v) is 5.15. The van der Waals surface area contributed by atoms with Crippen LogP contribution in [0.15, 0.2) is 20.3 Å². The summed E-state index contributed by atoms with van der Waals surface area (Å²) in [5.41, 5.74) is 6.06. The van der Waals surface area contributed by atoms with Crippen LogP contribution in [0.1, 0.15) is 22.1 Å². The molecule has 7 heteroatoms. The standard InChI is InChI=1S/C10H12BrN3S3/c1-5(12)9(7-3-4-8(11)16-7)17-10-14-13-6(2)15-10/h3-5,9H,12H2,1-2H3. The van der Waals surface area contributed by atoms with Gasteiger partial charge in [-0.2, -0.15) is 0 Å². The van der Waals surface area contributed by atoms with Gasteiger partial charge in [0.15, 0.2) is 4.34 Å². The molecule has 2 atom stereocenters. The first-order valence-corrected chi connectivity index (χ1v) is 8.34. The van der Waals surface area contributed by atoms with Crippen molar-refractivity contribution in [3.8, 4) is 0 Å². The number of nitrogens with two attached hydrogens (primary N) is 1. The van der Waals surface area contributed by atoms with Gasteiger partial charge in [-0.15, -0.1) is 21.5 Å². The Labute approximate surface area is 121 Å². The van der Waals surface area contributed by atoms with E-state index in [2.05, 4.69) is 38.3 Å². The van der Waals surface area contributed by atoms with Gasteiger partial charge in [0.25, 0.3) is 0 Å². The van der Waals surface area contributed by atoms with Crippen LogP contribution in [0.3, 0.4) is 0 Å². The molecule has 2 heterocycles. The minimum Gasteiger partial charge on any atom is -0.327 e. The van der Waals surface area contributed by atoms with E-state index in [0.29, 0.717) is 0 Å². The number of aryl methyl sites for hydroxylation is 1. The summed E-state index contributed by atoms with van der Waals surface area (Å²) in [6.07, 6.45) is 0. The lowest BCUT2D eigenvalue weighted by atomic mass is 10.2. The Balaban J connectivity index is 2.18. The van der Waals surface area contributed by atoms with E-state index in [1.54, 1.807) is 34.4 Å². The fourth-order valence-electron chi connectivity index (χ4n) is 1.34. The number of hydrogen-bond acceptors (Lipinski definition) is 6. The van der Waals surface area contributed by atoms with E-state index in [1.165, 1.54) is 4.88 Å². The summed E-state index contributed by atoms with van der Waals surface area (Å²) in [5.74, 6) is 0. The quantitative estimate of drug-likeness (QED) is 0.851. The van der Waals surface area contributed by atoms with Gasteiger partial charge in [0, 0.05) is 10.9 Å². The van der Waals surface area contributed by atoms with Crippen LogP contribution in [-0.2, 0) is 0 Å². The maximum atomic E-state index is 6.06. The van der Waals surface area contributed by atoms with Crippen molar-refractivity contribution in [1.82, 2.24) is 10.2 Å². The van der Waals surface area contributed by atoms with Crippen LogP contribution in [0.4, 0.5) is 0 Å². The molecule has 0 fully saturated rings. The number of halogens is 1. The molecule has 2 aromatic heterocycles. The van der Waals surface area contributed by atoms with Crippen molar-refractivity contribution in [2.75, 3.05) is 0 Å². The van der Waals surface area contributed by atoms with Crippen molar-refractivity contribution >= 4 is 50.4 Å². The summed E-state index contributed by atoms with van der Waals surface area (Å²) >= 11 is 8.51. The van der Waals surface area contributed by atoms with Crippen LogP contribution in [0.5, 0.6) is 0 Å². The van der Waals surface area contributed by atoms with Crippen molar-refractivity contribution in [3.63, 3.8) is 0 Å². The third-order valence-electron chi connectivity index (χ3n) is 2.09.